The number of hydrogen-bond acceptors (Lipinski definition) is 5. The quantitative estimate of drug-likeness (QED) is 0.388. The zero-order valence-electron chi connectivity index (χ0n) is 17.9. The molecule has 1 N–H and O–H groups in total. The van der Waals surface area contributed by atoms with E-state index in [1.165, 1.54) is 0 Å². The van der Waals surface area contributed by atoms with E-state index >= 15 is 0 Å². The monoisotopic (exact) mass is 412 g/mol. The summed E-state index contributed by atoms with van der Waals surface area (Å²) in [7, 11) is 1.66. The number of aromatic nitrogens is 1. The lowest BCUT2D eigenvalue weighted by Crippen LogP contribution is -2.47. The van der Waals surface area contributed by atoms with E-state index in [1.54, 1.807) is 13.3 Å². The molecule has 7 heteroatoms. The molecule has 0 atom stereocenters. The van der Waals surface area contributed by atoms with Gasteiger partial charge < -0.3 is 24.4 Å². The van der Waals surface area contributed by atoms with Crippen LogP contribution in [0.15, 0.2) is 53.7 Å². The average Bonchev–Trinajstić information content (AvgIpc) is 2.79. The summed E-state index contributed by atoms with van der Waals surface area (Å²) in [6, 6.07) is 14.0. The fourth-order valence-corrected chi connectivity index (χ4v) is 3.36. The number of para-hydroxylation sites is 1. The maximum Gasteiger partial charge on any atom is 0.218 e. The lowest BCUT2D eigenvalue weighted by atomic mass is 10.1. The van der Waals surface area contributed by atoms with Crippen LogP contribution in [0.25, 0.3) is 0 Å². The topological polar surface area (TPSA) is 68.2 Å². The van der Waals surface area contributed by atoms with Crippen molar-refractivity contribution in [3.8, 4) is 11.6 Å². The molecule has 1 fully saturated rings. The number of nitrogens with one attached hydrogen (secondary N) is 1. The first kappa shape index (κ1) is 21.9. The first-order valence-corrected chi connectivity index (χ1v) is 10.6. The second-order valence-corrected chi connectivity index (χ2v) is 7.10. The number of methoxy groups -OCH3 is 1. The first-order valence-electron chi connectivity index (χ1n) is 10.6. The van der Waals surface area contributed by atoms with Crippen molar-refractivity contribution in [2.75, 3.05) is 40.0 Å². The first-order chi connectivity index (χ1) is 14.8. The lowest BCUT2D eigenvalue weighted by Gasteiger charge is -2.34. The van der Waals surface area contributed by atoms with Gasteiger partial charge in [-0.2, -0.15) is 0 Å². The summed E-state index contributed by atoms with van der Waals surface area (Å²) in [6.45, 7) is 6.24. The highest BCUT2D eigenvalue weighted by molar-refractivity contribution is 5.80. The van der Waals surface area contributed by atoms with E-state index in [2.05, 4.69) is 22.1 Å². The summed E-state index contributed by atoms with van der Waals surface area (Å²) >= 11 is 0. The summed E-state index contributed by atoms with van der Waals surface area (Å²) < 4.78 is 16.9. The van der Waals surface area contributed by atoms with Crippen LogP contribution in [0, 0.1) is 0 Å². The number of piperidine rings is 1. The number of ether oxygens (including phenoxy) is 3. The number of rotatable bonds is 9. The molecule has 0 bridgehead atoms. The molecule has 0 spiro atoms. The fourth-order valence-electron chi connectivity index (χ4n) is 3.36. The van der Waals surface area contributed by atoms with Gasteiger partial charge >= 0.3 is 0 Å². The number of benzene rings is 1. The van der Waals surface area contributed by atoms with Crippen molar-refractivity contribution in [2.24, 2.45) is 4.99 Å². The van der Waals surface area contributed by atoms with Gasteiger partial charge in [0.2, 0.25) is 5.88 Å². The summed E-state index contributed by atoms with van der Waals surface area (Å²) in [5.74, 6) is 2.47. The predicted octanol–water partition coefficient (Wildman–Crippen LogP) is 3.12. The molecule has 2 heterocycles. The molecule has 1 aliphatic rings. The molecular formula is C23H32N4O3. The maximum absolute atomic E-state index is 6.11. The molecule has 7 nitrogen and oxygen atoms in total. The van der Waals surface area contributed by atoms with Crippen LogP contribution in [0.2, 0.25) is 0 Å². The molecular weight excluding hydrogens is 380 g/mol. The minimum absolute atomic E-state index is 0.241. The molecule has 1 aliphatic heterocycles. The van der Waals surface area contributed by atoms with Crippen LogP contribution in [0.1, 0.15) is 25.3 Å². The number of pyridine rings is 1. The Morgan fingerprint density at radius 3 is 2.67 bits per heavy atom. The predicted molar refractivity (Wildman–Crippen MR) is 118 cm³/mol. The summed E-state index contributed by atoms with van der Waals surface area (Å²) in [6.07, 6.45) is 3.92. The number of hydrogen-bond donors (Lipinski definition) is 1. The molecule has 3 rings (SSSR count). The van der Waals surface area contributed by atoms with Gasteiger partial charge in [-0.05, 0) is 25.1 Å². The Morgan fingerprint density at radius 1 is 1.13 bits per heavy atom. The van der Waals surface area contributed by atoms with E-state index in [0.717, 1.165) is 49.7 Å². The van der Waals surface area contributed by atoms with Gasteiger partial charge in [-0.25, -0.2) is 9.98 Å². The van der Waals surface area contributed by atoms with Crippen molar-refractivity contribution < 1.29 is 14.2 Å². The van der Waals surface area contributed by atoms with Crippen LogP contribution < -0.4 is 14.8 Å². The third kappa shape index (κ3) is 6.62. The van der Waals surface area contributed by atoms with Gasteiger partial charge in [0.15, 0.2) is 5.96 Å². The minimum Gasteiger partial charge on any atom is -0.490 e. The maximum atomic E-state index is 6.11. The van der Waals surface area contributed by atoms with Gasteiger partial charge in [0.05, 0.1) is 13.2 Å². The van der Waals surface area contributed by atoms with Gasteiger partial charge in [-0.3, -0.25) is 0 Å². The Hall–Kier alpha value is -2.80. The fraction of sp³-hybridized carbons (Fsp3) is 0.478. The van der Waals surface area contributed by atoms with Crippen molar-refractivity contribution in [3.63, 3.8) is 0 Å². The van der Waals surface area contributed by atoms with Crippen LogP contribution >= 0.6 is 0 Å². The van der Waals surface area contributed by atoms with E-state index in [1.807, 2.05) is 42.5 Å². The third-order valence-electron chi connectivity index (χ3n) is 4.90. The Balaban J connectivity index is 1.58. The van der Waals surface area contributed by atoms with E-state index in [4.69, 9.17) is 19.2 Å². The van der Waals surface area contributed by atoms with Gasteiger partial charge in [0.25, 0.3) is 0 Å². The smallest absolute Gasteiger partial charge is 0.218 e. The molecule has 1 aromatic heterocycles. The Morgan fingerprint density at radius 2 is 1.93 bits per heavy atom. The zero-order valence-corrected chi connectivity index (χ0v) is 17.9. The highest BCUT2D eigenvalue weighted by atomic mass is 16.5. The zero-order chi connectivity index (χ0) is 21.0. The molecule has 0 amide bonds. The number of aliphatic imine (C=N–C) groups is 1. The highest BCUT2D eigenvalue weighted by Gasteiger charge is 2.22. The van der Waals surface area contributed by atoms with Crippen molar-refractivity contribution in [1.82, 2.24) is 15.2 Å². The van der Waals surface area contributed by atoms with E-state index < -0.39 is 0 Å². The van der Waals surface area contributed by atoms with E-state index in [-0.39, 0.29) is 6.10 Å². The van der Waals surface area contributed by atoms with E-state index in [9.17, 15) is 0 Å². The average molecular weight is 413 g/mol. The summed E-state index contributed by atoms with van der Waals surface area (Å²) in [5, 5.41) is 3.41. The molecule has 0 unspecified atom stereocenters. The molecule has 0 radical (unpaired) electrons. The highest BCUT2D eigenvalue weighted by Crippen LogP contribution is 2.19. The van der Waals surface area contributed by atoms with Crippen molar-refractivity contribution in [1.29, 1.82) is 0 Å². The summed E-state index contributed by atoms with van der Waals surface area (Å²) in [4.78, 5) is 11.5. The minimum atomic E-state index is 0.241. The SMILES string of the molecule is CCNC(=NCc1cccnc1OCCOC)N1CCC(Oc2ccccc2)CC1. The molecule has 162 valence electrons. The van der Waals surface area contributed by atoms with Gasteiger partial charge in [-0.15, -0.1) is 0 Å². The van der Waals surface area contributed by atoms with Crippen LogP contribution in [0.3, 0.4) is 0 Å². The second kappa shape index (κ2) is 12.0. The number of nitrogens with zero attached hydrogens (tertiary/aromatic N) is 3. The van der Waals surface area contributed by atoms with Crippen LogP contribution in [0.4, 0.5) is 0 Å². The van der Waals surface area contributed by atoms with E-state index in [0.29, 0.717) is 25.6 Å². The molecule has 1 aromatic carbocycles. The van der Waals surface area contributed by atoms with Gasteiger partial charge in [0, 0.05) is 51.3 Å². The normalized spacial score (nSPS) is 15.1. The van der Waals surface area contributed by atoms with Crippen LogP contribution in [-0.2, 0) is 11.3 Å². The molecule has 0 saturated carbocycles. The number of guanidine groups is 1. The van der Waals surface area contributed by atoms with Crippen LogP contribution in [-0.4, -0.2) is 61.9 Å². The van der Waals surface area contributed by atoms with Gasteiger partial charge in [0.1, 0.15) is 18.5 Å². The Labute approximate surface area is 179 Å². The Bertz CT molecular complexity index is 777. The second-order valence-electron chi connectivity index (χ2n) is 7.10. The Kier molecular flexibility index (Phi) is 8.78. The van der Waals surface area contributed by atoms with Crippen molar-refractivity contribution in [3.05, 3.63) is 54.2 Å². The molecule has 2 aromatic rings. The third-order valence-corrected chi connectivity index (χ3v) is 4.90. The van der Waals surface area contributed by atoms with Crippen molar-refractivity contribution in [2.45, 2.75) is 32.4 Å². The lowest BCUT2D eigenvalue weighted by molar-refractivity contribution is 0.129. The number of likely N-dealkylation sites (tertiary alicyclic amines) is 1. The van der Waals surface area contributed by atoms with Gasteiger partial charge in [-0.1, -0.05) is 24.3 Å². The summed E-state index contributed by atoms with van der Waals surface area (Å²) in [5.41, 5.74) is 0.964. The standard InChI is InChI=1S/C23H32N4O3/c1-3-24-23(26-18-19-8-7-13-25-22(19)29-17-16-28-2)27-14-11-21(12-15-27)30-20-9-5-4-6-10-20/h4-10,13,21H,3,11-12,14-18H2,1-2H3,(H,24,26). The largest absolute Gasteiger partial charge is 0.490 e. The molecule has 30 heavy (non-hydrogen) atoms. The molecule has 0 aliphatic carbocycles. The van der Waals surface area contributed by atoms with Crippen LogP contribution in [0.5, 0.6) is 11.6 Å². The van der Waals surface area contributed by atoms with Crippen molar-refractivity contribution >= 4 is 5.96 Å². The molecule has 1 saturated heterocycles.